The Kier molecular flexibility index (Phi) is 4.67. The zero-order valence-electron chi connectivity index (χ0n) is 12.6. The van der Waals surface area contributed by atoms with Gasteiger partial charge in [-0.05, 0) is 44.2 Å². The molecule has 1 fully saturated rings. The molecule has 0 spiro atoms. The highest BCUT2D eigenvalue weighted by molar-refractivity contribution is 5.59. The summed E-state index contributed by atoms with van der Waals surface area (Å²) in [6.07, 6.45) is 3.06. The summed E-state index contributed by atoms with van der Waals surface area (Å²) in [4.78, 5) is 2.39. The Balaban J connectivity index is 2.32. The van der Waals surface area contributed by atoms with Crippen molar-refractivity contribution in [2.45, 2.75) is 52.2 Å². The van der Waals surface area contributed by atoms with Crippen molar-refractivity contribution in [2.75, 3.05) is 11.4 Å². The summed E-state index contributed by atoms with van der Waals surface area (Å²) >= 11 is 0. The van der Waals surface area contributed by atoms with Gasteiger partial charge in [-0.1, -0.05) is 19.9 Å². The van der Waals surface area contributed by atoms with Crippen LogP contribution in [0.25, 0.3) is 0 Å². The molecule has 0 aromatic heterocycles. The summed E-state index contributed by atoms with van der Waals surface area (Å²) in [5.74, 6) is 0.658. The molecule has 20 heavy (non-hydrogen) atoms. The second-order valence-corrected chi connectivity index (χ2v) is 6.17. The summed E-state index contributed by atoms with van der Waals surface area (Å²) in [6.45, 7) is 7.24. The van der Waals surface area contributed by atoms with Crippen molar-refractivity contribution in [1.29, 1.82) is 5.26 Å². The average Bonchev–Trinajstić information content (AvgIpc) is 3.22. The first-order valence-corrected chi connectivity index (χ1v) is 7.51. The van der Waals surface area contributed by atoms with Crippen LogP contribution >= 0.6 is 0 Å². The fourth-order valence-corrected chi connectivity index (χ4v) is 2.50. The fraction of sp³-hybridized carbons (Fsp3) is 0.588. The van der Waals surface area contributed by atoms with Crippen LogP contribution in [0.5, 0.6) is 0 Å². The largest absolute Gasteiger partial charge is 0.389 e. The molecule has 1 atom stereocenters. The topological polar surface area (TPSA) is 47.3 Å². The molecule has 1 aromatic rings. The number of aliphatic hydroxyl groups is 1. The van der Waals surface area contributed by atoms with Gasteiger partial charge in [0.25, 0.3) is 0 Å². The van der Waals surface area contributed by atoms with Crippen molar-refractivity contribution in [3.05, 3.63) is 29.3 Å². The molecule has 2 rings (SSSR count). The third kappa shape index (κ3) is 3.52. The standard InChI is InChI=1S/C17H24N2O/c1-12(2)8-9-19(15-5-6-15)17-10-14(11-18)4-7-16(17)13(3)20/h4,7,10,12-13,15,20H,5-6,8-9H2,1-3H3/t13-/m0/s1. The molecule has 1 aliphatic rings. The molecule has 1 aromatic carbocycles. The van der Waals surface area contributed by atoms with Gasteiger partial charge in [-0.25, -0.2) is 0 Å². The number of anilines is 1. The highest BCUT2D eigenvalue weighted by Gasteiger charge is 2.31. The van der Waals surface area contributed by atoms with Gasteiger partial charge in [0.05, 0.1) is 17.7 Å². The van der Waals surface area contributed by atoms with Crippen LogP contribution in [0.4, 0.5) is 5.69 Å². The maximum atomic E-state index is 9.99. The molecule has 0 unspecified atom stereocenters. The van der Waals surface area contributed by atoms with Gasteiger partial charge in [0.2, 0.25) is 0 Å². The van der Waals surface area contributed by atoms with E-state index in [4.69, 9.17) is 5.26 Å². The van der Waals surface area contributed by atoms with E-state index in [1.807, 2.05) is 12.1 Å². The van der Waals surface area contributed by atoms with Crippen LogP contribution in [0, 0.1) is 17.2 Å². The molecule has 1 aliphatic carbocycles. The lowest BCUT2D eigenvalue weighted by Gasteiger charge is -2.29. The summed E-state index contributed by atoms with van der Waals surface area (Å²) in [5, 5.41) is 19.1. The molecule has 1 N–H and O–H groups in total. The molecule has 3 nitrogen and oxygen atoms in total. The summed E-state index contributed by atoms with van der Waals surface area (Å²) < 4.78 is 0. The Morgan fingerprint density at radius 1 is 1.35 bits per heavy atom. The van der Waals surface area contributed by atoms with Gasteiger partial charge in [0.1, 0.15) is 0 Å². The van der Waals surface area contributed by atoms with Crippen molar-refractivity contribution >= 4 is 5.69 Å². The van der Waals surface area contributed by atoms with E-state index in [2.05, 4.69) is 24.8 Å². The minimum Gasteiger partial charge on any atom is -0.389 e. The van der Waals surface area contributed by atoms with Crippen molar-refractivity contribution in [3.63, 3.8) is 0 Å². The lowest BCUT2D eigenvalue weighted by atomic mass is 10.0. The Morgan fingerprint density at radius 3 is 2.55 bits per heavy atom. The monoisotopic (exact) mass is 272 g/mol. The van der Waals surface area contributed by atoms with Crippen LogP contribution in [-0.2, 0) is 0 Å². The van der Waals surface area contributed by atoms with Crippen molar-refractivity contribution in [3.8, 4) is 6.07 Å². The third-order valence-corrected chi connectivity index (χ3v) is 3.85. The average molecular weight is 272 g/mol. The molecule has 0 amide bonds. The highest BCUT2D eigenvalue weighted by Crippen LogP contribution is 2.36. The molecule has 0 saturated heterocycles. The van der Waals surface area contributed by atoms with Crippen LogP contribution in [0.1, 0.15) is 57.3 Å². The van der Waals surface area contributed by atoms with E-state index in [0.717, 1.165) is 24.2 Å². The van der Waals surface area contributed by atoms with Crippen molar-refractivity contribution in [2.24, 2.45) is 5.92 Å². The molecule has 3 heteroatoms. The van der Waals surface area contributed by atoms with Crippen molar-refractivity contribution in [1.82, 2.24) is 0 Å². The number of nitriles is 1. The molecule has 1 saturated carbocycles. The molecular weight excluding hydrogens is 248 g/mol. The number of hydrogen-bond donors (Lipinski definition) is 1. The Morgan fingerprint density at radius 2 is 2.05 bits per heavy atom. The molecule has 0 bridgehead atoms. The number of nitrogens with zero attached hydrogens (tertiary/aromatic N) is 2. The van der Waals surface area contributed by atoms with Gasteiger partial charge in [0, 0.05) is 23.8 Å². The van der Waals surface area contributed by atoms with Gasteiger partial charge in [0.15, 0.2) is 0 Å². The zero-order valence-corrected chi connectivity index (χ0v) is 12.6. The predicted octanol–water partition coefficient (Wildman–Crippen LogP) is 3.63. The molecule has 108 valence electrons. The number of rotatable bonds is 6. The van der Waals surface area contributed by atoms with E-state index in [0.29, 0.717) is 17.5 Å². The minimum atomic E-state index is -0.502. The van der Waals surface area contributed by atoms with Crippen molar-refractivity contribution < 1.29 is 5.11 Å². The quantitative estimate of drug-likeness (QED) is 0.860. The number of aliphatic hydroxyl groups excluding tert-OH is 1. The highest BCUT2D eigenvalue weighted by atomic mass is 16.3. The first-order chi connectivity index (χ1) is 9.52. The zero-order chi connectivity index (χ0) is 14.7. The first-order valence-electron chi connectivity index (χ1n) is 7.51. The fourth-order valence-electron chi connectivity index (χ4n) is 2.50. The lowest BCUT2D eigenvalue weighted by molar-refractivity contribution is 0.199. The van der Waals surface area contributed by atoms with Crippen LogP contribution < -0.4 is 4.90 Å². The summed E-state index contributed by atoms with van der Waals surface area (Å²) in [7, 11) is 0. The Labute approximate surface area is 121 Å². The Hall–Kier alpha value is -1.53. The van der Waals surface area contributed by atoms with Crippen LogP contribution in [-0.4, -0.2) is 17.7 Å². The molecule has 0 aliphatic heterocycles. The smallest absolute Gasteiger partial charge is 0.0992 e. The van der Waals surface area contributed by atoms with Gasteiger partial charge < -0.3 is 10.0 Å². The van der Waals surface area contributed by atoms with E-state index < -0.39 is 6.10 Å². The summed E-state index contributed by atoms with van der Waals surface area (Å²) in [5.41, 5.74) is 2.64. The first kappa shape index (κ1) is 14.9. The Bertz CT molecular complexity index is 498. The van der Waals surface area contributed by atoms with E-state index in [-0.39, 0.29) is 0 Å². The molecule has 0 heterocycles. The normalized spacial score (nSPS) is 16.0. The van der Waals surface area contributed by atoms with E-state index in [9.17, 15) is 5.11 Å². The van der Waals surface area contributed by atoms with E-state index in [1.54, 1.807) is 13.0 Å². The van der Waals surface area contributed by atoms with Gasteiger partial charge in [-0.15, -0.1) is 0 Å². The van der Waals surface area contributed by atoms with E-state index in [1.165, 1.54) is 12.8 Å². The minimum absolute atomic E-state index is 0.502. The third-order valence-electron chi connectivity index (χ3n) is 3.85. The SMILES string of the molecule is CC(C)CCN(c1cc(C#N)ccc1[C@H](C)O)C1CC1. The molecule has 0 radical (unpaired) electrons. The number of hydrogen-bond acceptors (Lipinski definition) is 3. The second kappa shape index (κ2) is 6.28. The lowest BCUT2D eigenvalue weighted by Crippen LogP contribution is -2.29. The van der Waals surface area contributed by atoms with Crippen LogP contribution in [0.2, 0.25) is 0 Å². The maximum Gasteiger partial charge on any atom is 0.0992 e. The summed E-state index contributed by atoms with van der Waals surface area (Å²) in [6, 6.07) is 8.40. The van der Waals surface area contributed by atoms with E-state index >= 15 is 0 Å². The maximum absolute atomic E-state index is 9.99. The van der Waals surface area contributed by atoms with Crippen LogP contribution in [0.15, 0.2) is 18.2 Å². The van der Waals surface area contributed by atoms with Gasteiger partial charge in [-0.2, -0.15) is 5.26 Å². The molecular formula is C17H24N2O. The predicted molar refractivity (Wildman–Crippen MR) is 81.6 cm³/mol. The van der Waals surface area contributed by atoms with Gasteiger partial charge in [-0.3, -0.25) is 0 Å². The number of benzene rings is 1. The van der Waals surface area contributed by atoms with Gasteiger partial charge >= 0.3 is 0 Å². The second-order valence-electron chi connectivity index (χ2n) is 6.17. The van der Waals surface area contributed by atoms with Crippen LogP contribution in [0.3, 0.4) is 0 Å².